The van der Waals surface area contributed by atoms with Gasteiger partial charge in [0.15, 0.2) is 0 Å². The molecule has 0 unspecified atom stereocenters. The van der Waals surface area contributed by atoms with E-state index in [0.717, 1.165) is 11.3 Å². The van der Waals surface area contributed by atoms with Crippen LogP contribution in [0.4, 0.5) is 5.95 Å². The molecule has 0 aliphatic carbocycles. The van der Waals surface area contributed by atoms with Crippen LogP contribution in [-0.2, 0) is 6.42 Å². The second kappa shape index (κ2) is 8.12. The Labute approximate surface area is 136 Å². The number of rotatable bonds is 7. The molecule has 1 heterocycles. The minimum atomic E-state index is -0.184. The van der Waals surface area contributed by atoms with Crippen molar-refractivity contribution in [3.8, 4) is 5.75 Å². The molecule has 0 aliphatic rings. The van der Waals surface area contributed by atoms with Crippen LogP contribution in [0, 0.1) is 0 Å². The lowest BCUT2D eigenvalue weighted by Gasteiger charge is -2.10. The number of hydrogen-bond donors (Lipinski definition) is 2. The minimum absolute atomic E-state index is 0.184. The maximum Gasteiger partial charge on any atom is 0.254 e. The van der Waals surface area contributed by atoms with Crippen LogP contribution in [0.25, 0.3) is 0 Å². The van der Waals surface area contributed by atoms with E-state index in [0.29, 0.717) is 24.5 Å². The van der Waals surface area contributed by atoms with E-state index >= 15 is 0 Å². The summed E-state index contributed by atoms with van der Waals surface area (Å²) in [4.78, 5) is 20.3. The standard InChI is InChI=1S/C17H22N4O2/c1-12(2)21-17-19-10-14(11-20-17)16(22)18-9-8-13-6-4-5-7-15(13)23-3/h4-7,10-12H,8-9H2,1-3H3,(H,18,22)(H,19,20,21). The molecule has 23 heavy (non-hydrogen) atoms. The van der Waals surface area contributed by atoms with Gasteiger partial charge in [-0.1, -0.05) is 18.2 Å². The number of carbonyl (C=O) groups excluding carboxylic acids is 1. The summed E-state index contributed by atoms with van der Waals surface area (Å²) in [5.74, 6) is 1.16. The second-order valence-electron chi connectivity index (χ2n) is 5.41. The Morgan fingerprint density at radius 1 is 1.22 bits per heavy atom. The van der Waals surface area contributed by atoms with Gasteiger partial charge in [-0.25, -0.2) is 9.97 Å². The number of amides is 1. The number of nitrogens with one attached hydrogen (secondary N) is 2. The third-order valence-corrected chi connectivity index (χ3v) is 3.20. The summed E-state index contributed by atoms with van der Waals surface area (Å²) in [6, 6.07) is 8.01. The highest BCUT2D eigenvalue weighted by atomic mass is 16.5. The van der Waals surface area contributed by atoms with Crippen LogP contribution in [0.3, 0.4) is 0 Å². The number of nitrogens with zero attached hydrogens (tertiary/aromatic N) is 2. The average Bonchev–Trinajstić information content (AvgIpc) is 2.55. The number of anilines is 1. The molecule has 6 nitrogen and oxygen atoms in total. The topological polar surface area (TPSA) is 76.1 Å². The van der Waals surface area contributed by atoms with Crippen molar-refractivity contribution in [2.75, 3.05) is 19.0 Å². The van der Waals surface area contributed by atoms with Crippen molar-refractivity contribution in [1.82, 2.24) is 15.3 Å². The first-order chi connectivity index (χ1) is 11.1. The summed E-state index contributed by atoms with van der Waals surface area (Å²) >= 11 is 0. The molecular formula is C17H22N4O2. The van der Waals surface area contributed by atoms with Crippen molar-refractivity contribution < 1.29 is 9.53 Å². The van der Waals surface area contributed by atoms with Gasteiger partial charge in [-0.15, -0.1) is 0 Å². The van der Waals surface area contributed by atoms with Gasteiger partial charge in [-0.3, -0.25) is 4.79 Å². The summed E-state index contributed by atoms with van der Waals surface area (Å²) in [5.41, 5.74) is 1.50. The molecule has 122 valence electrons. The Balaban J connectivity index is 1.87. The van der Waals surface area contributed by atoms with E-state index in [1.54, 1.807) is 7.11 Å². The largest absolute Gasteiger partial charge is 0.496 e. The van der Waals surface area contributed by atoms with Crippen molar-refractivity contribution in [3.05, 3.63) is 47.8 Å². The SMILES string of the molecule is COc1ccccc1CCNC(=O)c1cnc(NC(C)C)nc1. The maximum absolute atomic E-state index is 12.1. The van der Waals surface area contributed by atoms with Gasteiger partial charge in [0.05, 0.1) is 12.7 Å². The summed E-state index contributed by atoms with van der Waals surface area (Å²) in [6.45, 7) is 4.52. The van der Waals surface area contributed by atoms with E-state index in [4.69, 9.17) is 4.74 Å². The molecule has 0 bridgehead atoms. The number of methoxy groups -OCH3 is 1. The van der Waals surface area contributed by atoms with E-state index in [9.17, 15) is 4.79 Å². The van der Waals surface area contributed by atoms with Crippen LogP contribution in [0.1, 0.15) is 29.8 Å². The zero-order valence-corrected chi connectivity index (χ0v) is 13.7. The van der Waals surface area contributed by atoms with E-state index in [-0.39, 0.29) is 11.9 Å². The Bertz CT molecular complexity index is 641. The average molecular weight is 314 g/mol. The van der Waals surface area contributed by atoms with Crippen molar-refractivity contribution in [2.24, 2.45) is 0 Å². The molecule has 1 aromatic carbocycles. The minimum Gasteiger partial charge on any atom is -0.496 e. The molecule has 0 saturated heterocycles. The summed E-state index contributed by atoms with van der Waals surface area (Å²) in [7, 11) is 1.64. The zero-order chi connectivity index (χ0) is 16.7. The molecule has 2 aromatic rings. The number of para-hydroxylation sites is 1. The van der Waals surface area contributed by atoms with Gasteiger partial charge in [0.1, 0.15) is 5.75 Å². The highest BCUT2D eigenvalue weighted by Gasteiger charge is 2.08. The molecule has 6 heteroatoms. The highest BCUT2D eigenvalue weighted by molar-refractivity contribution is 5.93. The third-order valence-electron chi connectivity index (χ3n) is 3.20. The number of carbonyl (C=O) groups is 1. The molecule has 1 amide bonds. The van der Waals surface area contributed by atoms with E-state index in [1.807, 2.05) is 38.1 Å². The van der Waals surface area contributed by atoms with Crippen LogP contribution in [-0.4, -0.2) is 35.6 Å². The summed E-state index contributed by atoms with van der Waals surface area (Å²) < 4.78 is 5.29. The monoisotopic (exact) mass is 314 g/mol. The fourth-order valence-corrected chi connectivity index (χ4v) is 2.10. The van der Waals surface area contributed by atoms with Gasteiger partial charge in [0, 0.05) is 25.0 Å². The first kappa shape index (κ1) is 16.7. The molecule has 0 saturated carbocycles. The van der Waals surface area contributed by atoms with Crippen LogP contribution in [0.5, 0.6) is 5.75 Å². The lowest BCUT2D eigenvalue weighted by atomic mass is 10.1. The smallest absolute Gasteiger partial charge is 0.254 e. The van der Waals surface area contributed by atoms with E-state index < -0.39 is 0 Å². The van der Waals surface area contributed by atoms with Crippen LogP contribution in [0.2, 0.25) is 0 Å². The Morgan fingerprint density at radius 3 is 2.57 bits per heavy atom. The molecule has 0 spiro atoms. The zero-order valence-electron chi connectivity index (χ0n) is 13.7. The Hall–Kier alpha value is -2.63. The van der Waals surface area contributed by atoms with Gasteiger partial charge in [-0.2, -0.15) is 0 Å². The van der Waals surface area contributed by atoms with Crippen molar-refractivity contribution in [3.63, 3.8) is 0 Å². The number of aromatic nitrogens is 2. The van der Waals surface area contributed by atoms with E-state index in [2.05, 4.69) is 20.6 Å². The highest BCUT2D eigenvalue weighted by Crippen LogP contribution is 2.17. The number of ether oxygens (including phenoxy) is 1. The van der Waals surface area contributed by atoms with Gasteiger partial charge in [-0.05, 0) is 31.9 Å². The molecule has 2 rings (SSSR count). The van der Waals surface area contributed by atoms with Crippen LogP contribution >= 0.6 is 0 Å². The predicted molar refractivity (Wildman–Crippen MR) is 89.8 cm³/mol. The number of hydrogen-bond acceptors (Lipinski definition) is 5. The van der Waals surface area contributed by atoms with Gasteiger partial charge < -0.3 is 15.4 Å². The lowest BCUT2D eigenvalue weighted by Crippen LogP contribution is -2.26. The fourth-order valence-electron chi connectivity index (χ4n) is 2.10. The summed E-state index contributed by atoms with van der Waals surface area (Å²) in [6.07, 6.45) is 3.75. The quantitative estimate of drug-likeness (QED) is 0.820. The normalized spacial score (nSPS) is 10.4. The lowest BCUT2D eigenvalue weighted by molar-refractivity contribution is 0.0953. The molecule has 1 aromatic heterocycles. The van der Waals surface area contributed by atoms with E-state index in [1.165, 1.54) is 12.4 Å². The predicted octanol–water partition coefficient (Wildman–Crippen LogP) is 2.28. The number of benzene rings is 1. The van der Waals surface area contributed by atoms with Crippen LogP contribution in [0.15, 0.2) is 36.7 Å². The molecule has 0 fully saturated rings. The first-order valence-corrected chi connectivity index (χ1v) is 7.59. The molecule has 0 radical (unpaired) electrons. The van der Waals surface area contributed by atoms with Gasteiger partial charge in [0.2, 0.25) is 5.95 Å². The summed E-state index contributed by atoms with van der Waals surface area (Å²) in [5, 5.41) is 5.94. The van der Waals surface area contributed by atoms with Crippen molar-refractivity contribution in [2.45, 2.75) is 26.3 Å². The third kappa shape index (κ3) is 4.95. The fraction of sp³-hybridized carbons (Fsp3) is 0.353. The first-order valence-electron chi connectivity index (χ1n) is 7.59. The molecule has 2 N–H and O–H groups in total. The van der Waals surface area contributed by atoms with Gasteiger partial charge >= 0.3 is 0 Å². The molecule has 0 aliphatic heterocycles. The van der Waals surface area contributed by atoms with Crippen molar-refractivity contribution >= 4 is 11.9 Å². The van der Waals surface area contributed by atoms with Crippen LogP contribution < -0.4 is 15.4 Å². The van der Waals surface area contributed by atoms with Gasteiger partial charge in [0.25, 0.3) is 5.91 Å². The maximum atomic E-state index is 12.1. The Kier molecular flexibility index (Phi) is 5.91. The molecule has 0 atom stereocenters. The second-order valence-corrected chi connectivity index (χ2v) is 5.41. The Morgan fingerprint density at radius 2 is 1.91 bits per heavy atom. The molecular weight excluding hydrogens is 292 g/mol. The van der Waals surface area contributed by atoms with Crippen molar-refractivity contribution in [1.29, 1.82) is 0 Å².